The molecule has 5 heteroatoms. The number of benzene rings is 1. The SMILES string of the molecule is CC(C)CCS(=O)(=O)NC1CCCc2cc(N)ccc21. The molecule has 1 aliphatic rings. The molecule has 0 saturated carbocycles. The van der Waals surface area contributed by atoms with Gasteiger partial charge in [-0.15, -0.1) is 0 Å². The molecule has 1 aromatic carbocycles. The number of hydrogen-bond donors (Lipinski definition) is 2. The predicted octanol–water partition coefficient (Wildman–Crippen LogP) is 2.61. The number of nitrogen functional groups attached to an aromatic ring is 1. The summed E-state index contributed by atoms with van der Waals surface area (Å²) < 4.78 is 27.1. The highest BCUT2D eigenvalue weighted by Gasteiger charge is 2.24. The predicted molar refractivity (Wildman–Crippen MR) is 82.9 cm³/mol. The van der Waals surface area contributed by atoms with Gasteiger partial charge in [-0.3, -0.25) is 0 Å². The minimum atomic E-state index is -3.21. The van der Waals surface area contributed by atoms with Gasteiger partial charge in [0.2, 0.25) is 10.0 Å². The van der Waals surface area contributed by atoms with Gasteiger partial charge in [-0.1, -0.05) is 19.9 Å². The second-order valence-corrected chi connectivity index (χ2v) is 7.90. The Morgan fingerprint density at radius 3 is 2.85 bits per heavy atom. The topological polar surface area (TPSA) is 72.2 Å². The summed E-state index contributed by atoms with van der Waals surface area (Å²) in [7, 11) is -3.21. The lowest BCUT2D eigenvalue weighted by atomic mass is 9.88. The molecule has 112 valence electrons. The van der Waals surface area contributed by atoms with Crippen LogP contribution in [0, 0.1) is 5.92 Å². The van der Waals surface area contributed by atoms with E-state index in [1.807, 2.05) is 32.0 Å². The molecule has 0 fully saturated rings. The first-order chi connectivity index (χ1) is 9.37. The number of nitrogens with two attached hydrogens (primary N) is 1. The van der Waals surface area contributed by atoms with Crippen molar-refractivity contribution >= 4 is 15.7 Å². The molecular formula is C15H24N2O2S. The highest BCUT2D eigenvalue weighted by atomic mass is 32.2. The average molecular weight is 296 g/mol. The van der Waals surface area contributed by atoms with Crippen LogP contribution in [-0.4, -0.2) is 14.2 Å². The van der Waals surface area contributed by atoms with E-state index < -0.39 is 10.0 Å². The van der Waals surface area contributed by atoms with E-state index in [4.69, 9.17) is 5.73 Å². The van der Waals surface area contributed by atoms with Gasteiger partial charge in [0.1, 0.15) is 0 Å². The van der Waals surface area contributed by atoms with Crippen LogP contribution in [0.2, 0.25) is 0 Å². The van der Waals surface area contributed by atoms with E-state index in [2.05, 4.69) is 4.72 Å². The second-order valence-electron chi connectivity index (χ2n) is 6.02. The molecule has 0 heterocycles. The van der Waals surface area contributed by atoms with Gasteiger partial charge in [0.25, 0.3) is 0 Å². The lowest BCUT2D eigenvalue weighted by molar-refractivity contribution is 0.502. The molecule has 0 radical (unpaired) electrons. The molecule has 0 bridgehead atoms. The van der Waals surface area contributed by atoms with E-state index in [1.54, 1.807) is 0 Å². The minimum absolute atomic E-state index is 0.100. The maximum Gasteiger partial charge on any atom is 0.212 e. The molecule has 1 aromatic rings. The van der Waals surface area contributed by atoms with Crippen LogP contribution >= 0.6 is 0 Å². The van der Waals surface area contributed by atoms with Gasteiger partial charge >= 0.3 is 0 Å². The van der Waals surface area contributed by atoms with Crippen molar-refractivity contribution in [2.75, 3.05) is 11.5 Å². The largest absolute Gasteiger partial charge is 0.399 e. The van der Waals surface area contributed by atoms with Crippen molar-refractivity contribution in [1.29, 1.82) is 0 Å². The Kier molecular flexibility index (Phi) is 4.70. The maximum atomic E-state index is 12.1. The van der Waals surface area contributed by atoms with Gasteiger partial charge in [-0.2, -0.15) is 0 Å². The quantitative estimate of drug-likeness (QED) is 0.820. The number of sulfonamides is 1. The Bertz CT molecular complexity index is 567. The first kappa shape index (κ1) is 15.3. The van der Waals surface area contributed by atoms with Crippen molar-refractivity contribution in [2.45, 2.75) is 45.6 Å². The first-order valence-electron chi connectivity index (χ1n) is 7.25. The number of aryl methyl sites for hydroxylation is 1. The zero-order chi connectivity index (χ0) is 14.8. The standard InChI is InChI=1S/C15H24N2O2S/c1-11(2)8-9-20(18,19)17-15-5-3-4-12-10-13(16)6-7-14(12)15/h6-7,10-11,15,17H,3-5,8-9,16H2,1-2H3. The van der Waals surface area contributed by atoms with E-state index in [-0.39, 0.29) is 11.8 Å². The molecule has 20 heavy (non-hydrogen) atoms. The van der Waals surface area contributed by atoms with Crippen LogP contribution in [0.25, 0.3) is 0 Å². The molecule has 0 saturated heterocycles. The number of hydrogen-bond acceptors (Lipinski definition) is 3. The van der Waals surface area contributed by atoms with E-state index in [0.29, 0.717) is 12.3 Å². The maximum absolute atomic E-state index is 12.1. The third kappa shape index (κ3) is 3.96. The highest BCUT2D eigenvalue weighted by molar-refractivity contribution is 7.89. The van der Waals surface area contributed by atoms with Gasteiger partial charge < -0.3 is 5.73 Å². The summed E-state index contributed by atoms with van der Waals surface area (Å²) in [5, 5.41) is 0. The third-order valence-electron chi connectivity index (χ3n) is 3.77. The van der Waals surface area contributed by atoms with Gasteiger partial charge in [0, 0.05) is 11.7 Å². The minimum Gasteiger partial charge on any atom is -0.399 e. The summed E-state index contributed by atoms with van der Waals surface area (Å²) >= 11 is 0. The lowest BCUT2D eigenvalue weighted by Crippen LogP contribution is -2.33. The average Bonchev–Trinajstić information content (AvgIpc) is 2.36. The molecular weight excluding hydrogens is 272 g/mol. The van der Waals surface area contributed by atoms with Gasteiger partial charge in [0.05, 0.1) is 5.75 Å². The summed E-state index contributed by atoms with van der Waals surface area (Å²) in [5.74, 6) is 0.593. The van der Waals surface area contributed by atoms with Crippen LogP contribution < -0.4 is 10.5 Å². The summed E-state index contributed by atoms with van der Waals surface area (Å²) in [5.41, 5.74) is 8.80. The fourth-order valence-corrected chi connectivity index (χ4v) is 4.20. The van der Waals surface area contributed by atoms with Crippen molar-refractivity contribution in [3.8, 4) is 0 Å². The second kappa shape index (κ2) is 6.14. The molecule has 2 rings (SSSR count). The van der Waals surface area contributed by atoms with Crippen LogP contribution in [0.1, 0.15) is 50.3 Å². The summed E-state index contributed by atoms with van der Waals surface area (Å²) in [4.78, 5) is 0. The fourth-order valence-electron chi connectivity index (χ4n) is 2.62. The molecule has 4 nitrogen and oxygen atoms in total. The zero-order valence-corrected chi connectivity index (χ0v) is 13.0. The summed E-state index contributed by atoms with van der Waals surface area (Å²) in [6, 6.07) is 5.67. The van der Waals surface area contributed by atoms with Crippen molar-refractivity contribution in [3.63, 3.8) is 0 Å². The molecule has 1 aliphatic carbocycles. The van der Waals surface area contributed by atoms with Gasteiger partial charge in [0.15, 0.2) is 0 Å². The number of fused-ring (bicyclic) bond motifs is 1. The van der Waals surface area contributed by atoms with Crippen LogP contribution in [0.4, 0.5) is 5.69 Å². The Hall–Kier alpha value is -1.07. The molecule has 0 aliphatic heterocycles. The third-order valence-corrected chi connectivity index (χ3v) is 5.18. The number of anilines is 1. The fraction of sp³-hybridized carbons (Fsp3) is 0.600. The highest BCUT2D eigenvalue weighted by Crippen LogP contribution is 2.31. The van der Waals surface area contributed by atoms with Crippen LogP contribution in [-0.2, 0) is 16.4 Å². The Morgan fingerprint density at radius 1 is 1.40 bits per heavy atom. The van der Waals surface area contributed by atoms with E-state index in [0.717, 1.165) is 30.5 Å². The van der Waals surface area contributed by atoms with Gasteiger partial charge in [-0.05, 0) is 54.9 Å². The molecule has 1 unspecified atom stereocenters. The molecule has 0 amide bonds. The van der Waals surface area contributed by atoms with Crippen molar-refractivity contribution in [3.05, 3.63) is 29.3 Å². The Balaban J connectivity index is 2.12. The van der Waals surface area contributed by atoms with Crippen LogP contribution in [0.3, 0.4) is 0 Å². The van der Waals surface area contributed by atoms with E-state index >= 15 is 0 Å². The summed E-state index contributed by atoms with van der Waals surface area (Å²) in [6.07, 6.45) is 3.52. The molecule has 0 spiro atoms. The Labute approximate surface area is 121 Å². The lowest BCUT2D eigenvalue weighted by Gasteiger charge is -2.26. The smallest absolute Gasteiger partial charge is 0.212 e. The van der Waals surface area contributed by atoms with Crippen LogP contribution in [0.15, 0.2) is 18.2 Å². The number of rotatable bonds is 5. The summed E-state index contributed by atoms with van der Waals surface area (Å²) in [6.45, 7) is 4.07. The van der Waals surface area contributed by atoms with Crippen molar-refractivity contribution in [2.24, 2.45) is 5.92 Å². The van der Waals surface area contributed by atoms with E-state index in [1.165, 1.54) is 5.56 Å². The molecule has 1 atom stereocenters. The molecule has 0 aromatic heterocycles. The molecule has 3 N–H and O–H groups in total. The number of nitrogens with one attached hydrogen (secondary N) is 1. The normalized spacial score (nSPS) is 19.1. The van der Waals surface area contributed by atoms with Crippen molar-refractivity contribution < 1.29 is 8.42 Å². The first-order valence-corrected chi connectivity index (χ1v) is 8.91. The zero-order valence-electron chi connectivity index (χ0n) is 12.2. The van der Waals surface area contributed by atoms with Crippen molar-refractivity contribution in [1.82, 2.24) is 4.72 Å². The van der Waals surface area contributed by atoms with E-state index in [9.17, 15) is 8.42 Å². The monoisotopic (exact) mass is 296 g/mol. The Morgan fingerprint density at radius 2 is 2.15 bits per heavy atom. The van der Waals surface area contributed by atoms with Gasteiger partial charge in [-0.25, -0.2) is 13.1 Å². The van der Waals surface area contributed by atoms with Crippen LogP contribution in [0.5, 0.6) is 0 Å².